The van der Waals surface area contributed by atoms with E-state index in [4.69, 9.17) is 9.47 Å². The lowest BCUT2D eigenvalue weighted by Gasteiger charge is -2.24. The molecule has 2 atom stereocenters. The zero-order valence-electron chi connectivity index (χ0n) is 18.0. The van der Waals surface area contributed by atoms with E-state index >= 15 is 0 Å². The van der Waals surface area contributed by atoms with Crippen molar-refractivity contribution in [3.8, 4) is 0 Å². The summed E-state index contributed by atoms with van der Waals surface area (Å²) in [7, 11) is 0. The first-order chi connectivity index (χ1) is 15.7. The molecule has 0 saturated carbocycles. The van der Waals surface area contributed by atoms with Gasteiger partial charge in [0.1, 0.15) is 19.3 Å². The summed E-state index contributed by atoms with van der Waals surface area (Å²) in [5.74, 6) is -0.383. The maximum absolute atomic E-state index is 12.7. The number of ether oxygens (including phenoxy) is 2. The smallest absolute Gasteiger partial charge is 0.410 e. The first kappa shape index (κ1) is 21.8. The van der Waals surface area contributed by atoms with Gasteiger partial charge in [-0.1, -0.05) is 53.8 Å². The molecule has 0 aromatic heterocycles. The van der Waals surface area contributed by atoms with Crippen LogP contribution >= 0.6 is 0 Å². The van der Waals surface area contributed by atoms with Gasteiger partial charge in [0, 0.05) is 13.1 Å². The second-order valence-corrected chi connectivity index (χ2v) is 8.01. The first-order valence-electron chi connectivity index (χ1n) is 11.1. The molecule has 0 aliphatic carbocycles. The fraction of sp³-hybridized carbons (Fsp3) is 0.417. The molecule has 2 aromatic rings. The fourth-order valence-electron chi connectivity index (χ4n) is 4.02. The van der Waals surface area contributed by atoms with Gasteiger partial charge in [-0.3, -0.25) is 9.91 Å². The van der Waals surface area contributed by atoms with E-state index in [9.17, 15) is 9.59 Å². The Balaban J connectivity index is 1.27. The number of carbonyl (C=O) groups excluding carboxylic acids is 2. The Morgan fingerprint density at radius 1 is 0.906 bits per heavy atom. The average molecular weight is 437 g/mol. The molecule has 8 heteroatoms. The highest BCUT2D eigenvalue weighted by molar-refractivity contribution is 5.82. The molecule has 0 radical (unpaired) electrons. The minimum absolute atomic E-state index is 0.00806. The van der Waals surface area contributed by atoms with E-state index in [0.29, 0.717) is 13.0 Å². The molecule has 2 heterocycles. The molecule has 2 aromatic carbocycles. The van der Waals surface area contributed by atoms with Crippen LogP contribution < -0.4 is 0 Å². The number of benzene rings is 2. The Morgan fingerprint density at radius 2 is 1.62 bits per heavy atom. The number of likely N-dealkylation sites (tertiary alicyclic amines) is 1. The molecule has 8 nitrogen and oxygen atoms in total. The Kier molecular flexibility index (Phi) is 7.32. The Bertz CT molecular complexity index is 922. The van der Waals surface area contributed by atoms with Crippen molar-refractivity contribution in [1.29, 1.82) is 0 Å². The molecule has 32 heavy (non-hydrogen) atoms. The van der Waals surface area contributed by atoms with Gasteiger partial charge in [0.2, 0.25) is 0 Å². The lowest BCUT2D eigenvalue weighted by atomic mass is 10.2. The summed E-state index contributed by atoms with van der Waals surface area (Å²) in [5.41, 5.74) is 1.69. The van der Waals surface area contributed by atoms with Crippen molar-refractivity contribution in [3.63, 3.8) is 0 Å². The van der Waals surface area contributed by atoms with Crippen LogP contribution in [0, 0.1) is 0 Å². The lowest BCUT2D eigenvalue weighted by Crippen LogP contribution is -2.42. The van der Waals surface area contributed by atoms with Gasteiger partial charge in [0.05, 0.1) is 11.7 Å². The van der Waals surface area contributed by atoms with Crippen molar-refractivity contribution in [3.05, 3.63) is 66.2 Å². The molecular weight excluding hydrogens is 408 g/mol. The standard InChI is InChI=1S/C24H28N4O4/c29-23(22-14-8-15-27(22)24(30)32-17-19-9-3-1-4-10-19)31-18-21-13-7-16-28(21)26-25-20-11-5-2-6-12-20/h1-6,9-12,21-22H,7-8,13-18H2. The van der Waals surface area contributed by atoms with Gasteiger partial charge in [-0.2, -0.15) is 0 Å². The van der Waals surface area contributed by atoms with Crippen LogP contribution in [0.25, 0.3) is 0 Å². The van der Waals surface area contributed by atoms with Crippen molar-refractivity contribution in [1.82, 2.24) is 9.91 Å². The van der Waals surface area contributed by atoms with Gasteiger partial charge in [-0.15, -0.1) is 5.11 Å². The molecule has 0 spiro atoms. The van der Waals surface area contributed by atoms with Crippen LogP contribution in [-0.2, 0) is 20.9 Å². The van der Waals surface area contributed by atoms with Crippen LogP contribution in [0.15, 0.2) is 71.0 Å². The van der Waals surface area contributed by atoms with Crippen LogP contribution in [0.3, 0.4) is 0 Å². The second kappa shape index (κ2) is 10.7. The third kappa shape index (κ3) is 5.63. The normalized spacial score (nSPS) is 20.6. The molecule has 2 unspecified atom stereocenters. The monoisotopic (exact) mass is 436 g/mol. The van der Waals surface area contributed by atoms with Crippen molar-refractivity contribution in [2.75, 3.05) is 19.7 Å². The van der Waals surface area contributed by atoms with Gasteiger partial charge >= 0.3 is 12.1 Å². The van der Waals surface area contributed by atoms with Crippen LogP contribution in [-0.4, -0.2) is 53.8 Å². The Morgan fingerprint density at radius 3 is 2.41 bits per heavy atom. The molecule has 4 rings (SSSR count). The van der Waals surface area contributed by atoms with Crippen LogP contribution in [0.5, 0.6) is 0 Å². The third-order valence-electron chi connectivity index (χ3n) is 5.76. The first-order valence-corrected chi connectivity index (χ1v) is 11.1. The summed E-state index contributed by atoms with van der Waals surface area (Å²) in [5, 5.41) is 10.5. The summed E-state index contributed by atoms with van der Waals surface area (Å²) in [6, 6.07) is 18.4. The molecule has 1 amide bonds. The van der Waals surface area contributed by atoms with Crippen LogP contribution in [0.4, 0.5) is 10.5 Å². The zero-order chi connectivity index (χ0) is 22.2. The largest absolute Gasteiger partial charge is 0.462 e. The minimum Gasteiger partial charge on any atom is -0.462 e. The highest BCUT2D eigenvalue weighted by atomic mass is 16.6. The topological polar surface area (TPSA) is 83.8 Å². The molecule has 168 valence electrons. The van der Waals surface area contributed by atoms with Crippen molar-refractivity contribution in [2.45, 2.75) is 44.4 Å². The predicted octanol–water partition coefficient (Wildman–Crippen LogP) is 4.49. The summed E-state index contributed by atoms with van der Waals surface area (Å²) in [6.07, 6.45) is 2.71. The van der Waals surface area contributed by atoms with E-state index in [1.165, 1.54) is 4.90 Å². The summed E-state index contributed by atoms with van der Waals surface area (Å²) in [4.78, 5) is 26.7. The van der Waals surface area contributed by atoms with Gasteiger partial charge in [0.25, 0.3) is 0 Å². The minimum atomic E-state index is -0.598. The fourth-order valence-corrected chi connectivity index (χ4v) is 4.02. The third-order valence-corrected chi connectivity index (χ3v) is 5.76. The lowest BCUT2D eigenvalue weighted by molar-refractivity contribution is -0.150. The van der Waals surface area contributed by atoms with Gasteiger partial charge < -0.3 is 9.47 Å². The molecule has 2 fully saturated rings. The number of rotatable bonds is 7. The summed E-state index contributed by atoms with van der Waals surface area (Å²) in [6.45, 7) is 1.69. The van der Waals surface area contributed by atoms with E-state index < -0.39 is 12.1 Å². The molecule has 2 aliphatic rings. The van der Waals surface area contributed by atoms with E-state index in [1.807, 2.05) is 65.7 Å². The van der Waals surface area contributed by atoms with Crippen molar-refractivity contribution < 1.29 is 19.1 Å². The van der Waals surface area contributed by atoms with Gasteiger partial charge in [0.15, 0.2) is 0 Å². The van der Waals surface area contributed by atoms with E-state index in [1.54, 1.807) is 0 Å². The number of esters is 1. The highest BCUT2D eigenvalue weighted by Crippen LogP contribution is 2.23. The van der Waals surface area contributed by atoms with E-state index in [2.05, 4.69) is 10.3 Å². The molecule has 2 aliphatic heterocycles. The predicted molar refractivity (Wildman–Crippen MR) is 118 cm³/mol. The second-order valence-electron chi connectivity index (χ2n) is 8.01. The van der Waals surface area contributed by atoms with E-state index in [-0.39, 0.29) is 25.2 Å². The molecule has 2 saturated heterocycles. The number of hydrogen-bond donors (Lipinski definition) is 0. The zero-order valence-corrected chi connectivity index (χ0v) is 18.0. The summed E-state index contributed by atoms with van der Waals surface area (Å²) < 4.78 is 11.0. The van der Waals surface area contributed by atoms with Crippen LogP contribution in [0.1, 0.15) is 31.2 Å². The number of nitrogens with zero attached hydrogens (tertiary/aromatic N) is 4. The maximum Gasteiger partial charge on any atom is 0.410 e. The quantitative estimate of drug-likeness (QED) is 0.472. The highest BCUT2D eigenvalue weighted by Gasteiger charge is 2.37. The Labute approximate surface area is 187 Å². The molecule has 0 N–H and O–H groups in total. The number of hydrogen-bond acceptors (Lipinski definition) is 6. The van der Waals surface area contributed by atoms with Crippen molar-refractivity contribution >= 4 is 17.7 Å². The van der Waals surface area contributed by atoms with Gasteiger partial charge in [-0.25, -0.2) is 9.59 Å². The van der Waals surface area contributed by atoms with Gasteiger partial charge in [-0.05, 0) is 43.4 Å². The van der Waals surface area contributed by atoms with Crippen LogP contribution in [0.2, 0.25) is 0 Å². The maximum atomic E-state index is 12.7. The molecular formula is C24H28N4O4. The van der Waals surface area contributed by atoms with Crippen molar-refractivity contribution in [2.24, 2.45) is 10.3 Å². The Hall–Kier alpha value is -3.42. The summed E-state index contributed by atoms with van der Waals surface area (Å²) >= 11 is 0. The SMILES string of the molecule is O=C(OCC1CCCN1N=Nc1ccccc1)C1CCCN1C(=O)OCc1ccccc1. The number of carbonyl (C=O) groups is 2. The number of amides is 1. The molecule has 0 bridgehead atoms. The van der Waals surface area contributed by atoms with E-state index in [0.717, 1.165) is 37.1 Å². The average Bonchev–Trinajstić information content (AvgIpc) is 3.51.